The molecule has 1 aliphatic rings. The van der Waals surface area contributed by atoms with Gasteiger partial charge in [-0.05, 0) is 23.5 Å². The molecule has 2 rings (SSSR count). The molecule has 1 aliphatic heterocycles. The Labute approximate surface area is 94.2 Å². The van der Waals surface area contributed by atoms with Crippen LogP contribution >= 0.6 is 23.5 Å². The molecule has 0 aromatic heterocycles. The van der Waals surface area contributed by atoms with Gasteiger partial charge < -0.3 is 0 Å². The maximum absolute atomic E-state index is 2.32. The molecule has 0 spiro atoms. The molecule has 14 heavy (non-hydrogen) atoms. The van der Waals surface area contributed by atoms with Gasteiger partial charge in [0.2, 0.25) is 0 Å². The number of benzene rings is 1. The molecule has 0 saturated carbocycles. The fourth-order valence-corrected chi connectivity index (χ4v) is 3.98. The van der Waals surface area contributed by atoms with Crippen molar-refractivity contribution in [3.8, 4) is 0 Å². The van der Waals surface area contributed by atoms with Gasteiger partial charge in [0.1, 0.15) is 0 Å². The molecule has 0 atom stereocenters. The summed E-state index contributed by atoms with van der Waals surface area (Å²) in [5.74, 6) is 2.63. The minimum atomic E-state index is 0.670. The first kappa shape index (κ1) is 10.2. The smallest absolute Gasteiger partial charge is 0.0685 e. The first-order chi connectivity index (χ1) is 6.95. The van der Waals surface area contributed by atoms with Crippen molar-refractivity contribution in [1.29, 1.82) is 0 Å². The van der Waals surface area contributed by atoms with Crippen LogP contribution < -0.4 is 0 Å². The number of hydrogen-bond donors (Lipinski definition) is 0. The molecular weight excluding hydrogens is 208 g/mol. The Morgan fingerprint density at radius 3 is 2.50 bits per heavy atom. The number of rotatable bonds is 2. The normalized spacial score (nSPS) is 18.9. The summed E-state index contributed by atoms with van der Waals surface area (Å²) in [4.78, 5) is 0. The molecule has 0 bridgehead atoms. The van der Waals surface area contributed by atoms with Gasteiger partial charge in [0, 0.05) is 0 Å². The van der Waals surface area contributed by atoms with Crippen molar-refractivity contribution in [2.24, 2.45) is 0 Å². The van der Waals surface area contributed by atoms with E-state index in [-0.39, 0.29) is 0 Å². The lowest BCUT2D eigenvalue weighted by Crippen LogP contribution is -2.02. The highest BCUT2D eigenvalue weighted by molar-refractivity contribution is 8.17. The Bertz CT molecular complexity index is 286. The molecule has 74 valence electrons. The second-order valence-electron chi connectivity index (χ2n) is 3.23. The Balaban J connectivity index is 1.93. The minimum absolute atomic E-state index is 0.670. The van der Waals surface area contributed by atoms with Gasteiger partial charge in [-0.15, -0.1) is 23.5 Å². The molecule has 0 radical (unpaired) electrons. The predicted octanol–water partition coefficient (Wildman–Crippen LogP) is 3.90. The van der Waals surface area contributed by atoms with E-state index in [0.29, 0.717) is 4.58 Å². The monoisotopic (exact) mass is 222 g/mol. The van der Waals surface area contributed by atoms with Gasteiger partial charge in [-0.25, -0.2) is 0 Å². The van der Waals surface area contributed by atoms with Crippen LogP contribution in [-0.4, -0.2) is 16.1 Å². The summed E-state index contributed by atoms with van der Waals surface area (Å²) in [6, 6.07) is 10.5. The zero-order valence-corrected chi connectivity index (χ0v) is 9.69. The lowest BCUT2D eigenvalue weighted by atomic mass is 10.2. The summed E-state index contributed by atoms with van der Waals surface area (Å²) in [6.07, 6.45) is 5.92. The summed E-state index contributed by atoms with van der Waals surface area (Å²) in [6.45, 7) is 0. The summed E-state index contributed by atoms with van der Waals surface area (Å²) >= 11 is 4.12. The van der Waals surface area contributed by atoms with E-state index in [1.807, 2.05) is 0 Å². The number of thioether (sulfide) groups is 2. The molecule has 0 aliphatic carbocycles. The van der Waals surface area contributed by atoms with Crippen molar-refractivity contribution >= 4 is 29.6 Å². The molecule has 1 saturated heterocycles. The van der Waals surface area contributed by atoms with Crippen LogP contribution in [0.3, 0.4) is 0 Å². The third kappa shape index (κ3) is 3.10. The van der Waals surface area contributed by atoms with E-state index in [1.165, 1.54) is 23.5 Å². The second kappa shape index (κ2) is 5.52. The van der Waals surface area contributed by atoms with E-state index in [9.17, 15) is 0 Å². The van der Waals surface area contributed by atoms with Crippen LogP contribution in [-0.2, 0) is 0 Å². The van der Waals surface area contributed by atoms with Gasteiger partial charge in [-0.2, -0.15) is 0 Å². The Morgan fingerprint density at radius 2 is 1.79 bits per heavy atom. The fraction of sp³-hybridized carbons (Fsp3) is 0.333. The third-order valence-corrected chi connectivity index (χ3v) is 4.93. The largest absolute Gasteiger partial charge is 0.143 e. The summed E-state index contributed by atoms with van der Waals surface area (Å²) < 4.78 is 0.670. The maximum Gasteiger partial charge on any atom is 0.0685 e. The van der Waals surface area contributed by atoms with E-state index in [0.717, 1.165) is 0 Å². The van der Waals surface area contributed by atoms with Gasteiger partial charge >= 0.3 is 0 Å². The zero-order valence-electron chi connectivity index (χ0n) is 8.06. The van der Waals surface area contributed by atoms with Gasteiger partial charge in [0.25, 0.3) is 0 Å². The minimum Gasteiger partial charge on any atom is -0.143 e. The van der Waals surface area contributed by atoms with E-state index in [2.05, 4.69) is 66.0 Å². The van der Waals surface area contributed by atoms with Gasteiger partial charge in [0.15, 0.2) is 0 Å². The van der Waals surface area contributed by atoms with Gasteiger partial charge in [-0.3, -0.25) is 0 Å². The van der Waals surface area contributed by atoms with Gasteiger partial charge in [0.05, 0.1) is 4.58 Å². The molecule has 0 amide bonds. The molecule has 0 unspecified atom stereocenters. The highest BCUT2D eigenvalue weighted by Crippen LogP contribution is 2.31. The molecule has 0 N–H and O–H groups in total. The van der Waals surface area contributed by atoms with Crippen LogP contribution in [0.25, 0.3) is 6.08 Å². The lowest BCUT2D eigenvalue weighted by Gasteiger charge is -2.17. The maximum atomic E-state index is 2.32. The molecule has 0 nitrogen and oxygen atoms in total. The van der Waals surface area contributed by atoms with Crippen LogP contribution in [0.5, 0.6) is 0 Å². The third-order valence-electron chi connectivity index (χ3n) is 2.10. The molecule has 2 heteroatoms. The molecule has 1 aromatic carbocycles. The lowest BCUT2D eigenvalue weighted by molar-refractivity contribution is 1.11. The average Bonchev–Trinajstić information content (AvgIpc) is 2.29. The van der Waals surface area contributed by atoms with Crippen LogP contribution in [0.1, 0.15) is 12.0 Å². The molecule has 1 fully saturated rings. The summed E-state index contributed by atoms with van der Waals surface area (Å²) in [7, 11) is 0. The second-order valence-corrected chi connectivity index (χ2v) is 6.03. The first-order valence-electron chi connectivity index (χ1n) is 4.91. The van der Waals surface area contributed by atoms with Crippen molar-refractivity contribution in [2.75, 3.05) is 11.5 Å². The average molecular weight is 222 g/mol. The highest BCUT2D eigenvalue weighted by atomic mass is 32.2. The van der Waals surface area contributed by atoms with Gasteiger partial charge in [-0.1, -0.05) is 42.5 Å². The van der Waals surface area contributed by atoms with E-state index < -0.39 is 0 Å². The van der Waals surface area contributed by atoms with Crippen LogP contribution in [0.2, 0.25) is 0 Å². The van der Waals surface area contributed by atoms with E-state index in [1.54, 1.807) is 0 Å². The van der Waals surface area contributed by atoms with Crippen LogP contribution in [0.15, 0.2) is 36.4 Å². The quantitative estimate of drug-likeness (QED) is 0.744. The Hall–Kier alpha value is -0.340. The molecule has 1 aromatic rings. The van der Waals surface area contributed by atoms with Crippen LogP contribution in [0.4, 0.5) is 0 Å². The highest BCUT2D eigenvalue weighted by Gasteiger charge is 2.10. The van der Waals surface area contributed by atoms with Crippen molar-refractivity contribution in [3.05, 3.63) is 42.0 Å². The Morgan fingerprint density at radius 1 is 1.07 bits per heavy atom. The first-order valence-corrected chi connectivity index (χ1v) is 7.01. The predicted molar refractivity (Wildman–Crippen MR) is 68.8 cm³/mol. The standard InChI is InChI=1S/C12H14S2/c1-2-5-11(6-3-1)7-8-12-13-9-4-10-14-12/h1-3,5-8,12H,4,9-10H2/b8-7+. The molecule has 1 heterocycles. The fourth-order valence-electron chi connectivity index (χ4n) is 1.37. The van der Waals surface area contributed by atoms with Crippen molar-refractivity contribution in [1.82, 2.24) is 0 Å². The SMILES string of the molecule is C(=C\C1SCCCS1)/c1ccccc1. The topological polar surface area (TPSA) is 0 Å². The molecular formula is C12H14S2. The van der Waals surface area contributed by atoms with Crippen molar-refractivity contribution in [3.63, 3.8) is 0 Å². The number of hydrogen-bond acceptors (Lipinski definition) is 2. The van der Waals surface area contributed by atoms with Crippen LogP contribution in [0, 0.1) is 0 Å². The summed E-state index contributed by atoms with van der Waals surface area (Å²) in [5, 5.41) is 0. The van der Waals surface area contributed by atoms with E-state index >= 15 is 0 Å². The Kier molecular flexibility index (Phi) is 4.02. The van der Waals surface area contributed by atoms with E-state index in [4.69, 9.17) is 0 Å². The zero-order chi connectivity index (χ0) is 9.64. The van der Waals surface area contributed by atoms with Crippen molar-refractivity contribution < 1.29 is 0 Å². The van der Waals surface area contributed by atoms with Crippen molar-refractivity contribution in [2.45, 2.75) is 11.0 Å². The summed E-state index contributed by atoms with van der Waals surface area (Å²) in [5.41, 5.74) is 1.30.